The zero-order valence-corrected chi connectivity index (χ0v) is 11.9. The highest BCUT2D eigenvalue weighted by molar-refractivity contribution is 5.51. The molecule has 1 rings (SSSR count). The van der Waals surface area contributed by atoms with Gasteiger partial charge in [-0.1, -0.05) is 27.2 Å². The van der Waals surface area contributed by atoms with Crippen molar-refractivity contribution in [2.75, 3.05) is 0 Å². The molecule has 1 aliphatic rings. The van der Waals surface area contributed by atoms with Crippen LogP contribution in [0.3, 0.4) is 0 Å². The van der Waals surface area contributed by atoms with Crippen molar-refractivity contribution in [1.29, 1.82) is 0 Å². The second-order valence-electron chi connectivity index (χ2n) is 5.17. The van der Waals surface area contributed by atoms with E-state index in [1.54, 1.807) is 0 Å². The first-order valence-corrected chi connectivity index (χ1v) is 6.83. The van der Waals surface area contributed by atoms with Crippen molar-refractivity contribution < 1.29 is 0 Å². The fourth-order valence-corrected chi connectivity index (χ4v) is 2.69. The van der Waals surface area contributed by atoms with Crippen molar-refractivity contribution in [3.8, 4) is 0 Å². The van der Waals surface area contributed by atoms with Crippen LogP contribution in [0.5, 0.6) is 0 Å². The molecule has 100 valence electrons. The molecule has 17 heavy (non-hydrogen) atoms. The minimum Gasteiger partial charge on any atom is -0.390 e. The molecule has 1 aliphatic heterocycles. The van der Waals surface area contributed by atoms with Gasteiger partial charge in [0.25, 0.3) is 0 Å². The summed E-state index contributed by atoms with van der Waals surface area (Å²) in [6, 6.07) is 0.934. The van der Waals surface area contributed by atoms with Crippen LogP contribution >= 0.6 is 0 Å². The van der Waals surface area contributed by atoms with E-state index in [4.69, 9.17) is 5.73 Å². The van der Waals surface area contributed by atoms with E-state index in [-0.39, 0.29) is 6.17 Å². The number of nitrogens with zero attached hydrogens (tertiary/aromatic N) is 2. The Labute approximate surface area is 106 Å². The lowest BCUT2D eigenvalue weighted by Crippen LogP contribution is -2.44. The molecule has 0 saturated carbocycles. The smallest absolute Gasteiger partial charge is 0.121 e. The number of hydrogen-bond acceptors (Lipinski definition) is 3. The van der Waals surface area contributed by atoms with Crippen molar-refractivity contribution >= 4 is 6.34 Å². The summed E-state index contributed by atoms with van der Waals surface area (Å²) in [7, 11) is 0. The van der Waals surface area contributed by atoms with Crippen molar-refractivity contribution in [2.45, 2.75) is 71.9 Å². The van der Waals surface area contributed by atoms with Crippen molar-refractivity contribution in [3.05, 3.63) is 0 Å². The van der Waals surface area contributed by atoms with Gasteiger partial charge in [0.05, 0.1) is 12.5 Å². The minimum absolute atomic E-state index is 0.180. The lowest BCUT2D eigenvalue weighted by atomic mass is 9.97. The second kappa shape index (κ2) is 6.36. The van der Waals surface area contributed by atoms with E-state index in [9.17, 15) is 0 Å². The molecule has 1 saturated heterocycles. The molecule has 3 N–H and O–H groups in total. The van der Waals surface area contributed by atoms with Gasteiger partial charge in [-0.05, 0) is 26.2 Å². The maximum absolute atomic E-state index is 5.52. The normalized spacial score (nSPS) is 34.3. The molecular formula is C13H28N4. The van der Waals surface area contributed by atoms with Gasteiger partial charge in [-0.25, -0.2) is 0 Å². The molecule has 5 atom stereocenters. The second-order valence-corrected chi connectivity index (χ2v) is 5.17. The molecule has 1 unspecified atom stereocenters. The SMILES string of the molecule is CC[C@H](C)C1N[C@H](C)N([C@@H](C)CC)[C@H]1N=CN. The quantitative estimate of drug-likeness (QED) is 0.569. The molecular weight excluding hydrogens is 212 g/mol. The van der Waals surface area contributed by atoms with Crippen LogP contribution in [0.15, 0.2) is 4.99 Å². The standard InChI is InChI=1S/C13H28N4/c1-6-9(3)12-13(15-8-14)17(10(4)7-2)11(5)16-12/h8-13,16H,6-7H2,1-5H3,(H2,14,15)/t9-,10-,11-,12?,13+/m0/s1. The number of nitrogens with two attached hydrogens (primary N) is 1. The minimum atomic E-state index is 0.180. The zero-order valence-electron chi connectivity index (χ0n) is 11.9. The Morgan fingerprint density at radius 2 is 2.00 bits per heavy atom. The summed E-state index contributed by atoms with van der Waals surface area (Å²) < 4.78 is 0. The van der Waals surface area contributed by atoms with Gasteiger partial charge in [0.15, 0.2) is 0 Å². The lowest BCUT2D eigenvalue weighted by molar-refractivity contribution is 0.136. The Morgan fingerprint density at radius 1 is 1.35 bits per heavy atom. The zero-order chi connectivity index (χ0) is 13.0. The van der Waals surface area contributed by atoms with Crippen LogP contribution in [0.25, 0.3) is 0 Å². The first kappa shape index (κ1) is 14.5. The molecule has 0 spiro atoms. The van der Waals surface area contributed by atoms with E-state index in [1.807, 2.05) is 0 Å². The van der Waals surface area contributed by atoms with Crippen molar-refractivity contribution in [1.82, 2.24) is 10.2 Å². The maximum Gasteiger partial charge on any atom is 0.121 e. The van der Waals surface area contributed by atoms with E-state index >= 15 is 0 Å². The third-order valence-corrected chi connectivity index (χ3v) is 4.10. The number of aliphatic imine (C=N–C) groups is 1. The van der Waals surface area contributed by atoms with Gasteiger partial charge in [0.1, 0.15) is 6.17 Å². The molecule has 0 bridgehead atoms. The summed E-state index contributed by atoms with van der Waals surface area (Å²) in [4.78, 5) is 6.94. The molecule has 1 fully saturated rings. The largest absolute Gasteiger partial charge is 0.390 e. The van der Waals surface area contributed by atoms with Gasteiger partial charge in [-0.3, -0.25) is 15.2 Å². The summed E-state index contributed by atoms with van der Waals surface area (Å²) in [5.41, 5.74) is 5.52. The van der Waals surface area contributed by atoms with E-state index in [0.717, 1.165) is 12.8 Å². The Hall–Kier alpha value is -0.610. The van der Waals surface area contributed by atoms with Crippen LogP contribution in [-0.4, -0.2) is 35.7 Å². The summed E-state index contributed by atoms with van der Waals surface area (Å²) in [6.07, 6.45) is 4.30. The molecule has 0 aromatic heterocycles. The summed E-state index contributed by atoms with van der Waals surface area (Å²) in [5.74, 6) is 0.611. The third kappa shape index (κ3) is 2.99. The summed E-state index contributed by atoms with van der Waals surface area (Å²) >= 11 is 0. The van der Waals surface area contributed by atoms with Gasteiger partial charge < -0.3 is 5.73 Å². The van der Waals surface area contributed by atoms with Gasteiger partial charge in [0.2, 0.25) is 0 Å². The van der Waals surface area contributed by atoms with E-state index in [0.29, 0.717) is 24.2 Å². The predicted molar refractivity (Wildman–Crippen MR) is 73.9 cm³/mol. The van der Waals surface area contributed by atoms with Crippen LogP contribution in [0.2, 0.25) is 0 Å². The first-order chi connectivity index (χ1) is 8.06. The fourth-order valence-electron chi connectivity index (χ4n) is 2.69. The Morgan fingerprint density at radius 3 is 2.47 bits per heavy atom. The molecule has 0 aliphatic carbocycles. The van der Waals surface area contributed by atoms with Crippen molar-refractivity contribution in [3.63, 3.8) is 0 Å². The predicted octanol–water partition coefficient (Wildman–Crippen LogP) is 1.76. The summed E-state index contributed by atoms with van der Waals surface area (Å²) in [6.45, 7) is 11.2. The van der Waals surface area contributed by atoms with Gasteiger partial charge >= 0.3 is 0 Å². The van der Waals surface area contributed by atoms with Gasteiger partial charge in [-0.2, -0.15) is 0 Å². The maximum atomic E-state index is 5.52. The lowest BCUT2D eigenvalue weighted by Gasteiger charge is -2.32. The first-order valence-electron chi connectivity index (χ1n) is 6.83. The Kier molecular flexibility index (Phi) is 5.40. The molecule has 0 aromatic carbocycles. The number of rotatable bonds is 5. The molecule has 4 heteroatoms. The van der Waals surface area contributed by atoms with E-state index in [2.05, 4.69) is 49.8 Å². The molecule has 4 nitrogen and oxygen atoms in total. The van der Waals surface area contributed by atoms with Crippen LogP contribution in [0.1, 0.15) is 47.5 Å². The van der Waals surface area contributed by atoms with E-state index < -0.39 is 0 Å². The monoisotopic (exact) mass is 240 g/mol. The molecule has 0 aromatic rings. The molecule has 0 radical (unpaired) electrons. The Balaban J connectivity index is 2.89. The average molecular weight is 240 g/mol. The van der Waals surface area contributed by atoms with E-state index in [1.165, 1.54) is 6.34 Å². The van der Waals surface area contributed by atoms with Crippen molar-refractivity contribution in [2.24, 2.45) is 16.6 Å². The van der Waals surface area contributed by atoms with Crippen LogP contribution in [0, 0.1) is 5.92 Å². The third-order valence-electron chi connectivity index (χ3n) is 4.10. The molecule has 1 heterocycles. The number of nitrogens with one attached hydrogen (secondary N) is 1. The summed E-state index contributed by atoms with van der Waals surface area (Å²) in [5, 5.41) is 3.66. The highest BCUT2D eigenvalue weighted by Gasteiger charge is 2.41. The topological polar surface area (TPSA) is 53.6 Å². The van der Waals surface area contributed by atoms with Crippen LogP contribution in [0.4, 0.5) is 0 Å². The van der Waals surface area contributed by atoms with Crippen LogP contribution in [-0.2, 0) is 0 Å². The highest BCUT2D eigenvalue weighted by atomic mass is 15.4. The Bertz CT molecular complexity index is 254. The highest BCUT2D eigenvalue weighted by Crippen LogP contribution is 2.27. The average Bonchev–Trinajstić information content (AvgIpc) is 2.65. The molecule has 0 amide bonds. The van der Waals surface area contributed by atoms with Gasteiger partial charge in [-0.15, -0.1) is 0 Å². The van der Waals surface area contributed by atoms with Gasteiger partial charge in [0, 0.05) is 12.1 Å². The van der Waals surface area contributed by atoms with Crippen LogP contribution < -0.4 is 11.1 Å². The number of hydrogen-bond donors (Lipinski definition) is 2. The fraction of sp³-hybridized carbons (Fsp3) is 0.923.